The minimum Gasteiger partial charge on any atom is -0.321 e. The minimum absolute atomic E-state index is 0.114. The maximum Gasteiger partial charge on any atom is 0.256 e. The molecule has 1 N–H and O–H groups in total. The minimum atomic E-state index is -0.114. The molecule has 1 aliphatic rings. The smallest absolute Gasteiger partial charge is 0.256 e. The van der Waals surface area contributed by atoms with Crippen molar-refractivity contribution in [2.75, 3.05) is 5.32 Å². The molecule has 2 nitrogen and oxygen atoms in total. The maximum atomic E-state index is 12.2. The Labute approximate surface area is 140 Å². The molecule has 1 aliphatic heterocycles. The summed E-state index contributed by atoms with van der Waals surface area (Å²) in [6.45, 7) is 1.98. The molecule has 0 fully saturated rings. The number of hydrogen-bond donors (Lipinski definition) is 1. The molecule has 5 heteroatoms. The molecular weight excluding hydrogens is 373 g/mol. The highest BCUT2D eigenvalue weighted by atomic mass is 79.9. The average molecular weight is 383 g/mol. The number of fused-ring (bicyclic) bond motifs is 1. The first-order valence-corrected chi connectivity index (χ1v) is 7.80. The SMILES string of the molecule is Cc1c(Br)ccc2c1C(=Cc1ccc(Cl)c(Cl)c1)C(=O)N2. The number of amides is 1. The van der Waals surface area contributed by atoms with Crippen molar-refractivity contribution in [2.24, 2.45) is 0 Å². The van der Waals surface area contributed by atoms with Crippen LogP contribution in [0.25, 0.3) is 11.6 Å². The van der Waals surface area contributed by atoms with Gasteiger partial charge in [0, 0.05) is 21.3 Å². The molecule has 106 valence electrons. The molecule has 0 saturated heterocycles. The summed E-state index contributed by atoms with van der Waals surface area (Å²) in [5, 5.41) is 3.84. The number of carbonyl (C=O) groups is 1. The number of carbonyl (C=O) groups excluding carboxylic acids is 1. The first-order chi connectivity index (χ1) is 9.97. The second-order valence-corrected chi connectivity index (χ2v) is 6.45. The van der Waals surface area contributed by atoms with Crippen molar-refractivity contribution in [1.82, 2.24) is 0 Å². The lowest BCUT2D eigenvalue weighted by Crippen LogP contribution is -2.03. The van der Waals surface area contributed by atoms with Crippen LogP contribution in [-0.4, -0.2) is 5.91 Å². The maximum absolute atomic E-state index is 12.2. The lowest BCUT2D eigenvalue weighted by atomic mass is 9.99. The van der Waals surface area contributed by atoms with E-state index in [1.807, 2.05) is 31.2 Å². The zero-order valence-corrected chi connectivity index (χ0v) is 14.1. The fraction of sp³-hybridized carbons (Fsp3) is 0.0625. The quantitative estimate of drug-likeness (QED) is 0.643. The summed E-state index contributed by atoms with van der Waals surface area (Å²) in [5.41, 5.74) is 4.23. The molecule has 2 aromatic rings. The van der Waals surface area contributed by atoms with Gasteiger partial charge in [-0.2, -0.15) is 0 Å². The zero-order valence-electron chi connectivity index (χ0n) is 11.0. The number of rotatable bonds is 1. The Morgan fingerprint density at radius 2 is 1.90 bits per heavy atom. The summed E-state index contributed by atoms with van der Waals surface area (Å²) in [6.07, 6.45) is 1.82. The molecule has 0 bridgehead atoms. The van der Waals surface area contributed by atoms with Gasteiger partial charge in [-0.25, -0.2) is 0 Å². The van der Waals surface area contributed by atoms with Gasteiger partial charge in [0.2, 0.25) is 0 Å². The second kappa shape index (κ2) is 5.48. The van der Waals surface area contributed by atoms with Gasteiger partial charge in [0.05, 0.1) is 10.0 Å². The summed E-state index contributed by atoms with van der Waals surface area (Å²) in [6, 6.07) is 9.11. The molecule has 0 aromatic heterocycles. The molecular formula is C16H10BrCl2NO. The van der Waals surface area contributed by atoms with Crippen LogP contribution in [-0.2, 0) is 4.79 Å². The topological polar surface area (TPSA) is 29.1 Å². The number of halogens is 3. The van der Waals surface area contributed by atoms with Crippen LogP contribution in [0.1, 0.15) is 16.7 Å². The van der Waals surface area contributed by atoms with Gasteiger partial charge in [0.25, 0.3) is 5.91 Å². The van der Waals surface area contributed by atoms with Crippen molar-refractivity contribution in [1.29, 1.82) is 0 Å². The first-order valence-electron chi connectivity index (χ1n) is 6.25. The third kappa shape index (κ3) is 2.61. The van der Waals surface area contributed by atoms with E-state index in [4.69, 9.17) is 23.2 Å². The van der Waals surface area contributed by atoms with Crippen molar-refractivity contribution in [3.8, 4) is 0 Å². The Kier molecular flexibility index (Phi) is 3.82. The lowest BCUT2D eigenvalue weighted by molar-refractivity contribution is -0.110. The molecule has 2 aromatic carbocycles. The predicted molar refractivity (Wildman–Crippen MR) is 91.8 cm³/mol. The molecule has 3 rings (SSSR count). The summed E-state index contributed by atoms with van der Waals surface area (Å²) < 4.78 is 0.970. The highest BCUT2D eigenvalue weighted by molar-refractivity contribution is 9.10. The summed E-state index contributed by atoms with van der Waals surface area (Å²) >= 11 is 15.4. The Morgan fingerprint density at radius 1 is 1.14 bits per heavy atom. The predicted octanol–water partition coefficient (Wildman–Crippen LogP) is 5.56. The highest BCUT2D eigenvalue weighted by Crippen LogP contribution is 2.38. The van der Waals surface area contributed by atoms with E-state index < -0.39 is 0 Å². The van der Waals surface area contributed by atoms with Crippen molar-refractivity contribution < 1.29 is 4.79 Å². The summed E-state index contributed by atoms with van der Waals surface area (Å²) in [7, 11) is 0. The summed E-state index contributed by atoms with van der Waals surface area (Å²) in [5.74, 6) is -0.114. The summed E-state index contributed by atoms with van der Waals surface area (Å²) in [4.78, 5) is 12.2. The normalized spacial score (nSPS) is 15.2. The van der Waals surface area contributed by atoms with Gasteiger partial charge in [0.1, 0.15) is 0 Å². The van der Waals surface area contributed by atoms with E-state index in [-0.39, 0.29) is 5.91 Å². The van der Waals surface area contributed by atoms with E-state index in [0.29, 0.717) is 15.6 Å². The first kappa shape index (κ1) is 14.6. The van der Waals surface area contributed by atoms with Gasteiger partial charge < -0.3 is 5.32 Å². The molecule has 0 atom stereocenters. The van der Waals surface area contributed by atoms with Crippen molar-refractivity contribution in [3.63, 3.8) is 0 Å². The number of benzene rings is 2. The van der Waals surface area contributed by atoms with Crippen LogP contribution in [0.15, 0.2) is 34.8 Å². The Bertz CT molecular complexity index is 799. The van der Waals surface area contributed by atoms with Crippen LogP contribution < -0.4 is 5.32 Å². The van der Waals surface area contributed by atoms with E-state index >= 15 is 0 Å². The number of hydrogen-bond acceptors (Lipinski definition) is 1. The third-order valence-electron chi connectivity index (χ3n) is 3.42. The number of anilines is 1. The Hall–Kier alpha value is -1.29. The Morgan fingerprint density at radius 3 is 2.62 bits per heavy atom. The van der Waals surface area contributed by atoms with Crippen LogP contribution in [0.4, 0.5) is 5.69 Å². The van der Waals surface area contributed by atoms with Crippen LogP contribution in [0.3, 0.4) is 0 Å². The van der Waals surface area contributed by atoms with Crippen LogP contribution in [0.2, 0.25) is 10.0 Å². The molecule has 0 saturated carbocycles. The monoisotopic (exact) mass is 381 g/mol. The van der Waals surface area contributed by atoms with Crippen molar-refractivity contribution in [2.45, 2.75) is 6.92 Å². The third-order valence-corrected chi connectivity index (χ3v) is 5.01. The molecule has 0 unspecified atom stereocenters. The lowest BCUT2D eigenvalue weighted by Gasteiger charge is -2.06. The molecule has 21 heavy (non-hydrogen) atoms. The fourth-order valence-corrected chi connectivity index (χ4v) is 2.98. The molecule has 1 amide bonds. The molecule has 1 heterocycles. The van der Waals surface area contributed by atoms with E-state index in [9.17, 15) is 4.79 Å². The van der Waals surface area contributed by atoms with Gasteiger partial charge in [-0.15, -0.1) is 0 Å². The number of nitrogens with one attached hydrogen (secondary N) is 1. The average Bonchev–Trinajstić information content (AvgIpc) is 2.76. The van der Waals surface area contributed by atoms with E-state index in [1.54, 1.807) is 12.1 Å². The van der Waals surface area contributed by atoms with Gasteiger partial charge in [0.15, 0.2) is 0 Å². The largest absolute Gasteiger partial charge is 0.321 e. The fourth-order valence-electron chi connectivity index (χ4n) is 2.35. The van der Waals surface area contributed by atoms with Gasteiger partial charge >= 0.3 is 0 Å². The standard InChI is InChI=1S/C16H10BrCl2NO/c1-8-11(17)3-5-14-15(8)10(16(21)20-14)6-9-2-4-12(18)13(19)7-9/h2-7H,1H3,(H,20,21). The van der Waals surface area contributed by atoms with E-state index in [1.165, 1.54) is 0 Å². The molecule has 0 radical (unpaired) electrons. The van der Waals surface area contributed by atoms with Crippen molar-refractivity contribution in [3.05, 3.63) is 61.5 Å². The van der Waals surface area contributed by atoms with E-state index in [0.717, 1.165) is 26.9 Å². The Balaban J connectivity index is 2.16. The van der Waals surface area contributed by atoms with Crippen molar-refractivity contribution >= 4 is 62.4 Å². The van der Waals surface area contributed by atoms with E-state index in [2.05, 4.69) is 21.2 Å². The van der Waals surface area contributed by atoms with Gasteiger partial charge in [-0.05, 0) is 48.4 Å². The van der Waals surface area contributed by atoms with Crippen LogP contribution in [0, 0.1) is 6.92 Å². The van der Waals surface area contributed by atoms with Gasteiger partial charge in [-0.3, -0.25) is 4.79 Å². The molecule has 0 spiro atoms. The second-order valence-electron chi connectivity index (χ2n) is 4.78. The molecule has 0 aliphatic carbocycles. The van der Waals surface area contributed by atoms with Gasteiger partial charge in [-0.1, -0.05) is 45.2 Å². The van der Waals surface area contributed by atoms with Crippen LogP contribution >= 0.6 is 39.1 Å². The highest BCUT2D eigenvalue weighted by Gasteiger charge is 2.26. The van der Waals surface area contributed by atoms with Crippen LogP contribution in [0.5, 0.6) is 0 Å². The zero-order chi connectivity index (χ0) is 15.1.